The zero-order valence-electron chi connectivity index (χ0n) is 14.7. The molecular weight excluding hydrogens is 330 g/mol. The molecule has 2 aromatic rings. The molecule has 4 rings (SSSR count). The van der Waals surface area contributed by atoms with E-state index in [1.165, 1.54) is 0 Å². The second-order valence-corrected chi connectivity index (χ2v) is 7.25. The second kappa shape index (κ2) is 7.47. The van der Waals surface area contributed by atoms with Crippen molar-refractivity contribution in [1.29, 1.82) is 0 Å². The molecule has 0 radical (unpaired) electrons. The van der Waals surface area contributed by atoms with Gasteiger partial charge in [-0.15, -0.1) is 0 Å². The highest BCUT2D eigenvalue weighted by Gasteiger charge is 2.58. The SMILES string of the molecule is OC[C@@]1(OCc2ccccc2)C[C@@H]2CON(Cc3ccccc3)[C@@H]2[C@H]1O. The van der Waals surface area contributed by atoms with Gasteiger partial charge in [0.25, 0.3) is 0 Å². The van der Waals surface area contributed by atoms with Crippen LogP contribution in [0.3, 0.4) is 0 Å². The molecule has 26 heavy (non-hydrogen) atoms. The van der Waals surface area contributed by atoms with Gasteiger partial charge in [-0.1, -0.05) is 60.7 Å². The summed E-state index contributed by atoms with van der Waals surface area (Å²) >= 11 is 0. The van der Waals surface area contributed by atoms with Gasteiger partial charge < -0.3 is 14.9 Å². The van der Waals surface area contributed by atoms with Gasteiger partial charge in [0.1, 0.15) is 11.7 Å². The fourth-order valence-corrected chi connectivity index (χ4v) is 4.15. The molecule has 1 saturated heterocycles. The number of ether oxygens (including phenoxy) is 1. The molecule has 1 saturated carbocycles. The summed E-state index contributed by atoms with van der Waals surface area (Å²) in [7, 11) is 0. The lowest BCUT2D eigenvalue weighted by molar-refractivity contribution is -0.201. The molecule has 1 heterocycles. The molecule has 2 N–H and O–H groups in total. The molecule has 5 heteroatoms. The largest absolute Gasteiger partial charge is 0.393 e. The van der Waals surface area contributed by atoms with Crippen LogP contribution >= 0.6 is 0 Å². The zero-order valence-corrected chi connectivity index (χ0v) is 14.7. The minimum absolute atomic E-state index is 0.150. The van der Waals surface area contributed by atoms with E-state index in [-0.39, 0.29) is 18.6 Å². The third-order valence-electron chi connectivity index (χ3n) is 5.56. The fraction of sp³-hybridized carbons (Fsp3) is 0.429. The molecule has 0 bridgehead atoms. The number of hydrogen-bond acceptors (Lipinski definition) is 5. The Morgan fingerprint density at radius 1 is 1.04 bits per heavy atom. The third-order valence-corrected chi connectivity index (χ3v) is 5.56. The smallest absolute Gasteiger partial charge is 0.119 e. The van der Waals surface area contributed by atoms with Crippen molar-refractivity contribution in [3.63, 3.8) is 0 Å². The molecule has 0 aromatic heterocycles. The summed E-state index contributed by atoms with van der Waals surface area (Å²) in [4.78, 5) is 5.83. The van der Waals surface area contributed by atoms with Crippen molar-refractivity contribution in [3.05, 3.63) is 71.8 Å². The van der Waals surface area contributed by atoms with Crippen LogP contribution in [0.5, 0.6) is 0 Å². The number of fused-ring (bicyclic) bond motifs is 1. The molecule has 2 fully saturated rings. The number of aliphatic hydroxyl groups excluding tert-OH is 2. The standard InChI is InChI=1S/C21H25NO4/c23-15-21(25-13-17-9-5-2-6-10-17)11-18-14-26-22(19(18)20(21)24)12-16-7-3-1-4-8-16/h1-10,18-20,23-24H,11-15H2/t18-,19+,20-,21+/m1/s1. The first-order chi connectivity index (χ1) is 12.7. The first-order valence-corrected chi connectivity index (χ1v) is 9.12. The lowest BCUT2D eigenvalue weighted by atomic mass is 9.99. The van der Waals surface area contributed by atoms with E-state index in [1.54, 1.807) is 0 Å². The van der Waals surface area contributed by atoms with E-state index in [0.29, 0.717) is 26.2 Å². The van der Waals surface area contributed by atoms with E-state index >= 15 is 0 Å². The predicted molar refractivity (Wildman–Crippen MR) is 96.9 cm³/mol. The number of hydroxylamine groups is 2. The number of aliphatic hydroxyl groups is 2. The molecule has 0 unspecified atom stereocenters. The van der Waals surface area contributed by atoms with Crippen LogP contribution in [-0.2, 0) is 22.7 Å². The maximum Gasteiger partial charge on any atom is 0.119 e. The maximum absolute atomic E-state index is 11.0. The van der Waals surface area contributed by atoms with E-state index in [4.69, 9.17) is 9.57 Å². The molecule has 2 aliphatic rings. The van der Waals surface area contributed by atoms with Crippen LogP contribution in [-0.4, -0.2) is 46.2 Å². The van der Waals surface area contributed by atoms with Crippen molar-refractivity contribution in [2.75, 3.05) is 13.2 Å². The molecule has 1 aliphatic carbocycles. The summed E-state index contributed by atoms with van der Waals surface area (Å²) in [6.07, 6.45) is -0.208. The number of nitrogens with zero attached hydrogens (tertiary/aromatic N) is 1. The molecule has 2 aromatic carbocycles. The van der Waals surface area contributed by atoms with E-state index in [9.17, 15) is 10.2 Å². The minimum atomic E-state index is -0.941. The van der Waals surface area contributed by atoms with Crippen LogP contribution in [0.25, 0.3) is 0 Å². The van der Waals surface area contributed by atoms with Crippen molar-refractivity contribution in [1.82, 2.24) is 5.06 Å². The van der Waals surface area contributed by atoms with Gasteiger partial charge in [0.2, 0.25) is 0 Å². The normalized spacial score (nSPS) is 31.2. The van der Waals surface area contributed by atoms with E-state index in [2.05, 4.69) is 0 Å². The van der Waals surface area contributed by atoms with Crippen LogP contribution in [0.2, 0.25) is 0 Å². The fourth-order valence-electron chi connectivity index (χ4n) is 4.15. The molecular formula is C21H25NO4. The Morgan fingerprint density at radius 3 is 2.35 bits per heavy atom. The van der Waals surface area contributed by atoms with Gasteiger partial charge in [0, 0.05) is 12.5 Å². The highest BCUT2D eigenvalue weighted by Crippen LogP contribution is 2.44. The average Bonchev–Trinajstić information content (AvgIpc) is 3.20. The van der Waals surface area contributed by atoms with Gasteiger partial charge >= 0.3 is 0 Å². The quantitative estimate of drug-likeness (QED) is 0.831. The zero-order chi connectivity index (χ0) is 18.0. The highest BCUT2D eigenvalue weighted by atomic mass is 16.7. The first kappa shape index (κ1) is 17.6. The lowest BCUT2D eigenvalue weighted by Gasteiger charge is -2.35. The van der Waals surface area contributed by atoms with Gasteiger partial charge in [-0.3, -0.25) is 4.84 Å². The topological polar surface area (TPSA) is 62.2 Å². The Labute approximate surface area is 153 Å². The first-order valence-electron chi connectivity index (χ1n) is 9.12. The summed E-state index contributed by atoms with van der Waals surface area (Å²) in [5.74, 6) is 0.150. The van der Waals surface area contributed by atoms with Crippen molar-refractivity contribution >= 4 is 0 Å². The van der Waals surface area contributed by atoms with Crippen molar-refractivity contribution in [2.45, 2.75) is 37.3 Å². The minimum Gasteiger partial charge on any atom is -0.393 e. The van der Waals surface area contributed by atoms with Gasteiger partial charge in [-0.25, -0.2) is 0 Å². The Kier molecular flexibility index (Phi) is 5.07. The average molecular weight is 355 g/mol. The predicted octanol–water partition coefficient (Wildman–Crippen LogP) is 2.13. The summed E-state index contributed by atoms with van der Waals surface area (Å²) in [5, 5.41) is 22.9. The van der Waals surface area contributed by atoms with Crippen LogP contribution in [0.15, 0.2) is 60.7 Å². The molecule has 4 atom stereocenters. The summed E-state index contributed by atoms with van der Waals surface area (Å²) in [6.45, 7) is 1.33. The lowest BCUT2D eigenvalue weighted by Crippen LogP contribution is -2.51. The molecule has 1 aliphatic heterocycles. The van der Waals surface area contributed by atoms with E-state index < -0.39 is 11.7 Å². The van der Waals surface area contributed by atoms with Gasteiger partial charge in [-0.2, -0.15) is 5.06 Å². The number of benzene rings is 2. The summed E-state index contributed by atoms with van der Waals surface area (Å²) in [6, 6.07) is 19.7. The second-order valence-electron chi connectivity index (χ2n) is 7.25. The molecule has 0 spiro atoms. The van der Waals surface area contributed by atoms with Gasteiger partial charge in [0.05, 0.1) is 25.9 Å². The van der Waals surface area contributed by atoms with Crippen LogP contribution in [0.4, 0.5) is 0 Å². The Bertz CT molecular complexity index is 710. The van der Waals surface area contributed by atoms with Crippen LogP contribution in [0.1, 0.15) is 17.5 Å². The molecule has 0 amide bonds. The van der Waals surface area contributed by atoms with Gasteiger partial charge in [0.15, 0.2) is 0 Å². The Balaban J connectivity index is 1.47. The van der Waals surface area contributed by atoms with E-state index in [1.807, 2.05) is 65.7 Å². The number of hydrogen-bond donors (Lipinski definition) is 2. The van der Waals surface area contributed by atoms with Crippen LogP contribution < -0.4 is 0 Å². The van der Waals surface area contributed by atoms with Crippen molar-refractivity contribution < 1.29 is 19.8 Å². The maximum atomic E-state index is 11.0. The van der Waals surface area contributed by atoms with Crippen molar-refractivity contribution in [2.24, 2.45) is 5.92 Å². The summed E-state index contributed by atoms with van der Waals surface area (Å²) < 4.78 is 6.09. The third kappa shape index (κ3) is 3.29. The van der Waals surface area contributed by atoms with Gasteiger partial charge in [-0.05, 0) is 17.5 Å². The summed E-state index contributed by atoms with van der Waals surface area (Å²) in [5.41, 5.74) is 1.22. The molecule has 138 valence electrons. The Morgan fingerprint density at radius 2 is 1.69 bits per heavy atom. The Hall–Kier alpha value is -1.76. The van der Waals surface area contributed by atoms with Crippen molar-refractivity contribution in [3.8, 4) is 0 Å². The molecule has 5 nitrogen and oxygen atoms in total. The highest BCUT2D eigenvalue weighted by molar-refractivity contribution is 5.17. The van der Waals surface area contributed by atoms with Crippen LogP contribution in [0, 0.1) is 5.92 Å². The monoisotopic (exact) mass is 355 g/mol. The number of rotatable bonds is 6. The van der Waals surface area contributed by atoms with E-state index in [0.717, 1.165) is 11.1 Å².